The van der Waals surface area contributed by atoms with Crippen LogP contribution in [-0.2, 0) is 11.2 Å². The van der Waals surface area contributed by atoms with E-state index in [1.165, 1.54) is 42.4 Å². The summed E-state index contributed by atoms with van der Waals surface area (Å²) in [7, 11) is 0. The van der Waals surface area contributed by atoms with Crippen molar-refractivity contribution < 1.29 is 9.47 Å². The van der Waals surface area contributed by atoms with Crippen molar-refractivity contribution in [3.63, 3.8) is 0 Å². The molecule has 146 valence electrons. The van der Waals surface area contributed by atoms with Crippen LogP contribution in [0.5, 0.6) is 5.75 Å². The first-order valence-electron chi connectivity index (χ1n) is 10.2. The third-order valence-electron chi connectivity index (χ3n) is 5.02. The van der Waals surface area contributed by atoms with Crippen molar-refractivity contribution in [2.75, 3.05) is 6.79 Å². The molecule has 0 N–H and O–H groups in total. The van der Waals surface area contributed by atoms with Crippen LogP contribution < -0.4 is 4.74 Å². The maximum atomic E-state index is 5.82. The highest BCUT2D eigenvalue weighted by Crippen LogP contribution is 2.24. The van der Waals surface area contributed by atoms with Crippen LogP contribution in [0.3, 0.4) is 0 Å². The van der Waals surface area contributed by atoms with Crippen molar-refractivity contribution in [3.05, 3.63) is 90.0 Å². The van der Waals surface area contributed by atoms with Gasteiger partial charge in [0.1, 0.15) is 5.75 Å². The molecule has 1 unspecified atom stereocenters. The predicted octanol–water partition coefficient (Wildman–Crippen LogP) is 7.20. The molecule has 0 aliphatic carbocycles. The normalized spacial score (nSPS) is 11.9. The van der Waals surface area contributed by atoms with E-state index >= 15 is 0 Å². The van der Waals surface area contributed by atoms with Gasteiger partial charge in [0, 0.05) is 0 Å². The van der Waals surface area contributed by atoms with E-state index in [0.29, 0.717) is 0 Å². The van der Waals surface area contributed by atoms with Gasteiger partial charge in [0.15, 0.2) is 6.79 Å². The average Bonchev–Trinajstić information content (AvgIpc) is 2.75. The van der Waals surface area contributed by atoms with Gasteiger partial charge in [0.05, 0.1) is 6.10 Å². The number of hydrogen-bond donors (Lipinski definition) is 0. The third-order valence-corrected chi connectivity index (χ3v) is 5.02. The number of rotatable bonds is 10. The molecule has 28 heavy (non-hydrogen) atoms. The van der Waals surface area contributed by atoms with Crippen LogP contribution in [0.2, 0.25) is 0 Å². The van der Waals surface area contributed by atoms with Gasteiger partial charge in [-0.1, -0.05) is 86.5 Å². The monoisotopic (exact) mass is 374 g/mol. The van der Waals surface area contributed by atoms with Crippen molar-refractivity contribution in [2.45, 2.75) is 45.6 Å². The Labute approximate surface area is 169 Å². The summed E-state index contributed by atoms with van der Waals surface area (Å²) in [5.41, 5.74) is 5.06. The van der Waals surface area contributed by atoms with E-state index in [2.05, 4.69) is 62.4 Å². The van der Waals surface area contributed by atoms with Crippen LogP contribution in [0.25, 0.3) is 11.1 Å². The van der Waals surface area contributed by atoms with Gasteiger partial charge in [0.2, 0.25) is 0 Å². The number of aryl methyl sites for hydroxylation is 1. The summed E-state index contributed by atoms with van der Waals surface area (Å²) in [6.07, 6.45) is 5.01. The first kappa shape index (κ1) is 20.2. The van der Waals surface area contributed by atoms with Gasteiger partial charge < -0.3 is 9.47 Å². The average molecular weight is 375 g/mol. The fourth-order valence-electron chi connectivity index (χ4n) is 3.21. The van der Waals surface area contributed by atoms with Gasteiger partial charge in [-0.25, -0.2) is 0 Å². The molecule has 0 amide bonds. The molecule has 0 aromatic heterocycles. The molecule has 0 saturated carbocycles. The molecule has 0 saturated heterocycles. The summed E-state index contributed by atoms with van der Waals surface area (Å²) in [6.45, 7) is 4.54. The van der Waals surface area contributed by atoms with Gasteiger partial charge >= 0.3 is 0 Å². The SMILES string of the molecule is CCCCCc1ccc(-c2ccc(C(C)OCOc3ccccc3)cc2)cc1. The number of unbranched alkanes of at least 4 members (excludes halogenated alkanes) is 2. The summed E-state index contributed by atoms with van der Waals surface area (Å²) in [6, 6.07) is 27.3. The topological polar surface area (TPSA) is 18.5 Å². The van der Waals surface area contributed by atoms with Gasteiger partial charge in [-0.05, 0) is 54.2 Å². The molecule has 0 bridgehead atoms. The highest BCUT2D eigenvalue weighted by atomic mass is 16.7. The van der Waals surface area contributed by atoms with Crippen LogP contribution >= 0.6 is 0 Å². The fourth-order valence-corrected chi connectivity index (χ4v) is 3.21. The zero-order chi connectivity index (χ0) is 19.6. The second kappa shape index (κ2) is 10.7. The molecule has 3 aromatic carbocycles. The number of ether oxygens (including phenoxy) is 2. The number of benzene rings is 3. The zero-order valence-corrected chi connectivity index (χ0v) is 16.9. The maximum Gasteiger partial charge on any atom is 0.189 e. The maximum absolute atomic E-state index is 5.82. The van der Waals surface area contributed by atoms with Crippen LogP contribution in [-0.4, -0.2) is 6.79 Å². The Morgan fingerprint density at radius 1 is 0.750 bits per heavy atom. The Morgan fingerprint density at radius 2 is 1.39 bits per heavy atom. The van der Waals surface area contributed by atoms with Crippen molar-refractivity contribution in [1.29, 1.82) is 0 Å². The second-order valence-electron chi connectivity index (χ2n) is 7.16. The molecular weight excluding hydrogens is 344 g/mol. The smallest absolute Gasteiger partial charge is 0.189 e. The minimum absolute atomic E-state index is 0.0151. The van der Waals surface area contributed by atoms with Crippen LogP contribution in [0.15, 0.2) is 78.9 Å². The van der Waals surface area contributed by atoms with Crippen LogP contribution in [0.1, 0.15) is 50.3 Å². The van der Waals surface area contributed by atoms with Gasteiger partial charge in [-0.15, -0.1) is 0 Å². The molecule has 3 rings (SSSR count). The van der Waals surface area contributed by atoms with Crippen LogP contribution in [0, 0.1) is 0 Å². The summed E-state index contributed by atoms with van der Waals surface area (Å²) < 4.78 is 11.4. The highest BCUT2D eigenvalue weighted by Gasteiger charge is 2.07. The lowest BCUT2D eigenvalue weighted by Gasteiger charge is -2.15. The van der Waals surface area contributed by atoms with E-state index in [-0.39, 0.29) is 12.9 Å². The first-order valence-corrected chi connectivity index (χ1v) is 10.2. The summed E-state index contributed by atoms with van der Waals surface area (Å²) in [4.78, 5) is 0. The van der Waals surface area contributed by atoms with Gasteiger partial charge in [0.25, 0.3) is 0 Å². The van der Waals surface area contributed by atoms with Crippen LogP contribution in [0.4, 0.5) is 0 Å². The predicted molar refractivity (Wildman–Crippen MR) is 117 cm³/mol. The first-order chi connectivity index (χ1) is 13.8. The molecule has 3 aromatic rings. The second-order valence-corrected chi connectivity index (χ2v) is 7.16. The lowest BCUT2D eigenvalue weighted by Crippen LogP contribution is -2.06. The largest absolute Gasteiger partial charge is 0.468 e. The number of para-hydroxylation sites is 1. The molecule has 0 fully saturated rings. The highest BCUT2D eigenvalue weighted by molar-refractivity contribution is 5.64. The molecule has 0 aliphatic rings. The Hall–Kier alpha value is -2.58. The van der Waals surface area contributed by atoms with E-state index in [4.69, 9.17) is 9.47 Å². The van der Waals surface area contributed by atoms with E-state index in [1.807, 2.05) is 30.3 Å². The van der Waals surface area contributed by atoms with Crippen molar-refractivity contribution in [3.8, 4) is 16.9 Å². The Kier molecular flexibility index (Phi) is 7.69. The van der Waals surface area contributed by atoms with E-state index in [9.17, 15) is 0 Å². The fraction of sp³-hybridized carbons (Fsp3) is 0.308. The van der Waals surface area contributed by atoms with E-state index in [1.54, 1.807) is 0 Å². The Balaban J connectivity index is 1.52. The van der Waals surface area contributed by atoms with Crippen molar-refractivity contribution in [2.24, 2.45) is 0 Å². The summed E-state index contributed by atoms with van der Waals surface area (Å²) >= 11 is 0. The molecule has 1 atom stereocenters. The molecule has 0 aliphatic heterocycles. The molecule has 0 heterocycles. The molecular formula is C26H30O2. The van der Waals surface area contributed by atoms with Gasteiger partial charge in [-0.2, -0.15) is 0 Å². The minimum Gasteiger partial charge on any atom is -0.468 e. The molecule has 2 heteroatoms. The molecule has 0 radical (unpaired) electrons. The van der Waals surface area contributed by atoms with E-state index < -0.39 is 0 Å². The Morgan fingerprint density at radius 3 is 2.04 bits per heavy atom. The zero-order valence-electron chi connectivity index (χ0n) is 16.9. The van der Waals surface area contributed by atoms with Gasteiger partial charge in [-0.3, -0.25) is 0 Å². The summed E-state index contributed by atoms with van der Waals surface area (Å²) in [5, 5.41) is 0. The summed E-state index contributed by atoms with van der Waals surface area (Å²) in [5.74, 6) is 0.822. The quantitative estimate of drug-likeness (QED) is 0.276. The Bertz CT molecular complexity index is 807. The van der Waals surface area contributed by atoms with E-state index in [0.717, 1.165) is 11.3 Å². The standard InChI is InChI=1S/C26H30O2/c1-3-4-6-9-22-12-14-24(15-13-22)25-18-16-23(17-19-25)21(2)27-20-28-26-10-7-5-8-11-26/h5,7-8,10-19,21H,3-4,6,9,20H2,1-2H3. The van der Waals surface area contributed by atoms with Crippen molar-refractivity contribution >= 4 is 0 Å². The molecule has 2 nitrogen and oxygen atoms in total. The lowest BCUT2D eigenvalue weighted by atomic mass is 9.99. The third kappa shape index (κ3) is 5.97. The minimum atomic E-state index is -0.0151. The molecule has 0 spiro atoms. The lowest BCUT2D eigenvalue weighted by molar-refractivity contribution is -0.0294. The van der Waals surface area contributed by atoms with Crippen molar-refractivity contribution in [1.82, 2.24) is 0 Å². The number of hydrogen-bond acceptors (Lipinski definition) is 2.